The summed E-state index contributed by atoms with van der Waals surface area (Å²) in [6, 6.07) is 0. The monoisotopic (exact) mass is 1130 g/mol. The maximum absolute atomic E-state index is 12.9. The first-order chi connectivity index (χ1) is 40.5. The van der Waals surface area contributed by atoms with E-state index in [-0.39, 0.29) is 38.0 Å². The van der Waals surface area contributed by atoms with Crippen LogP contribution in [0.15, 0.2) is 182 Å². The predicted octanol–water partition coefficient (Wildman–Crippen LogP) is 22.8. The van der Waals surface area contributed by atoms with Crippen LogP contribution < -0.4 is 0 Å². The van der Waals surface area contributed by atoms with E-state index < -0.39 is 12.1 Å². The van der Waals surface area contributed by atoms with Crippen molar-refractivity contribution < 1.29 is 28.6 Å². The Hall–Kier alpha value is -5.49. The van der Waals surface area contributed by atoms with Gasteiger partial charge in [-0.2, -0.15) is 0 Å². The molecule has 0 fully saturated rings. The minimum atomic E-state index is -0.839. The number of ether oxygens (including phenoxy) is 3. The number of rotatable bonds is 57. The summed E-state index contributed by atoms with van der Waals surface area (Å²) in [7, 11) is 0. The van der Waals surface area contributed by atoms with Gasteiger partial charge in [-0.3, -0.25) is 14.4 Å². The summed E-state index contributed by atoms with van der Waals surface area (Å²) in [4.78, 5) is 38.2. The number of carbonyl (C=O) groups is 3. The molecule has 0 aromatic rings. The molecule has 6 nitrogen and oxygen atoms in total. The minimum Gasteiger partial charge on any atom is -0.462 e. The van der Waals surface area contributed by atoms with Gasteiger partial charge in [-0.25, -0.2) is 0 Å². The predicted molar refractivity (Wildman–Crippen MR) is 357 cm³/mol. The Kier molecular flexibility index (Phi) is 63.5. The Labute approximate surface area is 504 Å². The second kappa shape index (κ2) is 68.0. The van der Waals surface area contributed by atoms with Gasteiger partial charge >= 0.3 is 17.9 Å². The normalized spacial score (nSPS) is 13.4. The lowest BCUT2D eigenvalue weighted by molar-refractivity contribution is -0.166. The van der Waals surface area contributed by atoms with E-state index in [1.54, 1.807) is 6.08 Å². The maximum atomic E-state index is 12.9. The Morgan fingerprint density at radius 3 is 0.854 bits per heavy atom. The zero-order valence-corrected chi connectivity index (χ0v) is 52.4. The highest BCUT2D eigenvalue weighted by Crippen LogP contribution is 2.14. The van der Waals surface area contributed by atoms with Crippen molar-refractivity contribution in [1.29, 1.82) is 0 Å². The van der Waals surface area contributed by atoms with Crippen LogP contribution >= 0.6 is 0 Å². The van der Waals surface area contributed by atoms with Gasteiger partial charge in [-0.15, -0.1) is 0 Å². The molecule has 0 N–H and O–H groups in total. The highest BCUT2D eigenvalue weighted by Gasteiger charge is 2.19. The van der Waals surface area contributed by atoms with E-state index in [9.17, 15) is 14.4 Å². The van der Waals surface area contributed by atoms with Gasteiger partial charge < -0.3 is 14.2 Å². The van der Waals surface area contributed by atoms with Crippen molar-refractivity contribution in [2.45, 2.75) is 264 Å². The molecule has 0 aromatic heterocycles. The third-order valence-corrected chi connectivity index (χ3v) is 13.2. The van der Waals surface area contributed by atoms with E-state index in [2.05, 4.69) is 191 Å². The molecule has 458 valence electrons. The molecule has 0 aliphatic rings. The fourth-order valence-corrected chi connectivity index (χ4v) is 8.33. The molecule has 0 spiro atoms. The lowest BCUT2D eigenvalue weighted by Crippen LogP contribution is -2.30. The van der Waals surface area contributed by atoms with Crippen molar-refractivity contribution in [1.82, 2.24) is 0 Å². The van der Waals surface area contributed by atoms with E-state index in [4.69, 9.17) is 14.2 Å². The molecule has 0 aliphatic carbocycles. The first-order valence-electron chi connectivity index (χ1n) is 32.8. The summed E-state index contributed by atoms with van der Waals surface area (Å²) in [5.74, 6) is -1.09. The molecular formula is C76H118O6. The quantitative estimate of drug-likeness (QED) is 0.0261. The second-order valence-corrected chi connectivity index (χ2v) is 20.9. The van der Waals surface area contributed by atoms with Crippen LogP contribution in [-0.2, 0) is 28.6 Å². The number of unbranched alkanes of at least 4 members (excludes halogenated alkanes) is 17. The van der Waals surface area contributed by atoms with Crippen LogP contribution in [0.25, 0.3) is 0 Å². The zero-order valence-electron chi connectivity index (χ0n) is 52.4. The maximum Gasteiger partial charge on any atom is 0.309 e. The van der Waals surface area contributed by atoms with Crippen LogP contribution in [0, 0.1) is 0 Å². The van der Waals surface area contributed by atoms with Crippen molar-refractivity contribution in [3.05, 3.63) is 182 Å². The Bertz CT molecular complexity index is 1920. The van der Waals surface area contributed by atoms with Gasteiger partial charge in [0.25, 0.3) is 0 Å². The molecule has 1 atom stereocenters. The van der Waals surface area contributed by atoms with Gasteiger partial charge in [0.1, 0.15) is 13.2 Å². The van der Waals surface area contributed by atoms with Gasteiger partial charge in [0.15, 0.2) is 6.10 Å². The topological polar surface area (TPSA) is 78.9 Å². The average molecular weight is 1130 g/mol. The highest BCUT2D eigenvalue weighted by molar-refractivity contribution is 5.72. The lowest BCUT2D eigenvalue weighted by Gasteiger charge is -2.18. The second-order valence-electron chi connectivity index (χ2n) is 20.9. The van der Waals surface area contributed by atoms with E-state index >= 15 is 0 Å². The van der Waals surface area contributed by atoms with Crippen molar-refractivity contribution in [3.63, 3.8) is 0 Å². The summed E-state index contributed by atoms with van der Waals surface area (Å²) < 4.78 is 16.8. The Morgan fingerprint density at radius 1 is 0.268 bits per heavy atom. The third-order valence-electron chi connectivity index (χ3n) is 13.2. The molecule has 82 heavy (non-hydrogen) atoms. The summed E-state index contributed by atoms with van der Waals surface area (Å²) in [5.41, 5.74) is 0. The zero-order chi connectivity index (χ0) is 59.2. The number of hydrogen-bond donors (Lipinski definition) is 0. The van der Waals surface area contributed by atoms with Gasteiger partial charge in [-0.05, 0) is 141 Å². The largest absolute Gasteiger partial charge is 0.462 e. The minimum absolute atomic E-state index is 0.114. The third kappa shape index (κ3) is 65.3. The van der Waals surface area contributed by atoms with Gasteiger partial charge in [0, 0.05) is 12.8 Å². The molecule has 6 heteroatoms. The Balaban J connectivity index is 4.40. The molecule has 0 aromatic carbocycles. The van der Waals surface area contributed by atoms with E-state index in [1.165, 1.54) is 64.2 Å². The molecule has 0 bridgehead atoms. The summed E-state index contributed by atoms with van der Waals surface area (Å²) >= 11 is 0. The molecule has 0 radical (unpaired) electrons. The van der Waals surface area contributed by atoms with Gasteiger partial charge in [-0.1, -0.05) is 280 Å². The highest BCUT2D eigenvalue weighted by atomic mass is 16.6. The summed E-state index contributed by atoms with van der Waals surface area (Å²) in [6.07, 6.45) is 102. The molecule has 1 unspecified atom stereocenters. The number of allylic oxidation sites excluding steroid dienone is 29. The van der Waals surface area contributed by atoms with Crippen LogP contribution in [0.3, 0.4) is 0 Å². The van der Waals surface area contributed by atoms with Gasteiger partial charge in [0.2, 0.25) is 0 Å². The molecule has 0 amide bonds. The van der Waals surface area contributed by atoms with E-state index in [0.29, 0.717) is 6.42 Å². The SMILES string of the molecule is CC/C=C\C/C=C\C/C=C\C/C=C\C/C=C\C/C=C\C/C=C\C/C=C\CCCCCCCCCCC(=O)OCC(COC(=O)C/C=C\C/C=C\C/C=C\C/C=C\C/C=C\CC)OC(=O)CCCCCCC/C=C\C/C=C\CCCCCC. The molecule has 0 aliphatic heterocycles. The molecule has 0 rings (SSSR count). The van der Waals surface area contributed by atoms with Crippen molar-refractivity contribution in [3.8, 4) is 0 Å². The molecule has 0 saturated heterocycles. The molecular weight excluding hydrogens is 1010 g/mol. The van der Waals surface area contributed by atoms with Gasteiger partial charge in [0.05, 0.1) is 6.42 Å². The fourth-order valence-electron chi connectivity index (χ4n) is 8.33. The summed E-state index contributed by atoms with van der Waals surface area (Å²) in [6.45, 7) is 6.28. The van der Waals surface area contributed by atoms with Crippen molar-refractivity contribution >= 4 is 17.9 Å². The summed E-state index contributed by atoms with van der Waals surface area (Å²) in [5, 5.41) is 0. The fraction of sp³-hybridized carbons (Fsp3) is 0.566. The van der Waals surface area contributed by atoms with Crippen LogP contribution in [0.5, 0.6) is 0 Å². The average Bonchev–Trinajstić information content (AvgIpc) is 3.47. The van der Waals surface area contributed by atoms with Crippen molar-refractivity contribution in [2.75, 3.05) is 13.2 Å². The number of esters is 3. The smallest absolute Gasteiger partial charge is 0.309 e. The van der Waals surface area contributed by atoms with Crippen LogP contribution in [0.2, 0.25) is 0 Å². The van der Waals surface area contributed by atoms with Crippen molar-refractivity contribution in [2.24, 2.45) is 0 Å². The standard InChI is InChI=1S/C76H118O6/c1-4-7-10-13-16-19-22-25-28-30-31-32-33-34-35-36-37-38-39-40-41-42-43-44-45-46-49-51-54-57-60-63-66-69-75(78)81-72-73(71-80-74(77)68-65-62-59-56-53-50-47-27-24-21-18-15-12-9-6-3)82-76(79)70-67-64-61-58-55-52-48-29-26-23-20-17-14-11-8-5-2/h7,9-10,12,16,18-21,23,25,27-29,31-32,34-35,37-38,40-41,43-44,47-48,53,56,62,65,73H,4-6,8,11,13-15,17,22,24,26,30,33,36,39,42,45-46,49-52,54-55,57-61,63-64,66-72H2,1-3H3/b10-7-,12-9-,19-16-,21-18-,23-20-,28-25-,32-31-,35-34-,38-37-,41-40-,44-43-,47-27-,48-29-,56-53-,65-62-. The van der Waals surface area contributed by atoms with Crippen LogP contribution in [-0.4, -0.2) is 37.2 Å². The first-order valence-corrected chi connectivity index (χ1v) is 32.8. The van der Waals surface area contributed by atoms with Crippen LogP contribution in [0.1, 0.15) is 258 Å². The number of carbonyl (C=O) groups excluding carboxylic acids is 3. The Morgan fingerprint density at radius 2 is 0.524 bits per heavy atom. The van der Waals surface area contributed by atoms with Crippen LogP contribution in [0.4, 0.5) is 0 Å². The lowest BCUT2D eigenvalue weighted by atomic mass is 10.1. The number of hydrogen-bond acceptors (Lipinski definition) is 6. The van der Waals surface area contributed by atoms with E-state index in [0.717, 1.165) is 154 Å². The molecule has 0 saturated carbocycles. The molecule has 0 heterocycles. The van der Waals surface area contributed by atoms with E-state index in [1.807, 2.05) is 6.08 Å². The first kappa shape index (κ1) is 76.5.